The molecular formula is C17H20ClFN2O2. The van der Waals surface area contributed by atoms with Gasteiger partial charge in [-0.25, -0.2) is 0 Å². The van der Waals surface area contributed by atoms with E-state index in [0.29, 0.717) is 26.2 Å². The summed E-state index contributed by atoms with van der Waals surface area (Å²) in [7, 11) is 1.28. The zero-order valence-corrected chi connectivity index (χ0v) is 13.9. The number of methoxy groups -OCH3 is 1. The van der Waals surface area contributed by atoms with Crippen LogP contribution in [0.1, 0.15) is 5.56 Å². The van der Waals surface area contributed by atoms with E-state index in [1.807, 2.05) is 24.3 Å². The van der Waals surface area contributed by atoms with Crippen molar-refractivity contribution in [2.75, 3.05) is 33.3 Å². The molecule has 0 saturated carbocycles. The lowest BCUT2D eigenvalue weighted by atomic mass is 10.2. The summed E-state index contributed by atoms with van der Waals surface area (Å²) in [6, 6.07) is 7.70. The highest BCUT2D eigenvalue weighted by Crippen LogP contribution is 2.20. The first-order valence-corrected chi connectivity index (χ1v) is 7.75. The maximum absolute atomic E-state index is 14.4. The van der Waals surface area contributed by atoms with E-state index in [0.717, 1.165) is 23.2 Å². The summed E-state index contributed by atoms with van der Waals surface area (Å²) in [6.45, 7) is 6.39. The van der Waals surface area contributed by atoms with Crippen LogP contribution in [0.5, 0.6) is 0 Å². The Morgan fingerprint density at radius 3 is 2.57 bits per heavy atom. The van der Waals surface area contributed by atoms with Gasteiger partial charge in [0.2, 0.25) is 17.5 Å². The van der Waals surface area contributed by atoms with E-state index >= 15 is 0 Å². The van der Waals surface area contributed by atoms with E-state index in [9.17, 15) is 9.18 Å². The molecule has 1 heterocycles. The molecule has 23 heavy (non-hydrogen) atoms. The lowest BCUT2D eigenvalue weighted by molar-refractivity contribution is -0.114. The number of rotatable bonds is 6. The summed E-state index contributed by atoms with van der Waals surface area (Å²) in [6.07, 6.45) is 1.05. The number of halogens is 2. The molecule has 4 nitrogen and oxygen atoms in total. The number of nitrogens with zero attached hydrogens (tertiary/aromatic N) is 2. The Hall–Kier alpha value is -1.85. The van der Waals surface area contributed by atoms with Crippen LogP contribution in [0.3, 0.4) is 0 Å². The molecule has 1 aromatic rings. The molecule has 0 radical (unpaired) electrons. The molecule has 2 rings (SSSR count). The lowest BCUT2D eigenvalue weighted by Gasteiger charge is -2.35. The van der Waals surface area contributed by atoms with Gasteiger partial charge in [-0.15, -0.1) is 0 Å². The fourth-order valence-electron chi connectivity index (χ4n) is 2.49. The van der Waals surface area contributed by atoms with E-state index < -0.39 is 11.7 Å². The van der Waals surface area contributed by atoms with Crippen LogP contribution in [0.25, 0.3) is 0 Å². The van der Waals surface area contributed by atoms with Gasteiger partial charge in [0.1, 0.15) is 0 Å². The molecule has 0 amide bonds. The van der Waals surface area contributed by atoms with Gasteiger partial charge in [-0.1, -0.05) is 36.4 Å². The van der Waals surface area contributed by atoms with Gasteiger partial charge in [0.25, 0.3) is 0 Å². The second-order valence-corrected chi connectivity index (χ2v) is 5.65. The Kier molecular flexibility index (Phi) is 6.19. The molecule has 124 valence electrons. The van der Waals surface area contributed by atoms with Gasteiger partial charge in [-0.3, -0.25) is 9.69 Å². The van der Waals surface area contributed by atoms with Gasteiger partial charge in [0, 0.05) is 37.7 Å². The Morgan fingerprint density at radius 1 is 1.35 bits per heavy atom. The molecule has 0 N–H and O–H groups in total. The summed E-state index contributed by atoms with van der Waals surface area (Å²) < 4.78 is 19.2. The summed E-state index contributed by atoms with van der Waals surface area (Å²) in [5.41, 5.74) is 1.05. The van der Waals surface area contributed by atoms with E-state index in [-0.39, 0.29) is 5.76 Å². The summed E-state index contributed by atoms with van der Waals surface area (Å²) in [5, 5.41) is 0.735. The van der Waals surface area contributed by atoms with Crippen LogP contribution < -0.4 is 0 Å². The summed E-state index contributed by atoms with van der Waals surface area (Å²) >= 11 is 6.17. The van der Waals surface area contributed by atoms with Crippen molar-refractivity contribution in [2.24, 2.45) is 0 Å². The molecule has 0 aromatic heterocycles. The Labute approximate surface area is 140 Å². The smallest absolute Gasteiger partial charge is 0.236 e. The van der Waals surface area contributed by atoms with Gasteiger partial charge in [-0.2, -0.15) is 4.39 Å². The molecule has 6 heteroatoms. The Bertz CT molecular complexity index is 610. The van der Waals surface area contributed by atoms with Crippen LogP contribution in [0.2, 0.25) is 5.02 Å². The van der Waals surface area contributed by atoms with Crippen LogP contribution in [0.15, 0.2) is 48.6 Å². The molecule has 0 spiro atoms. The summed E-state index contributed by atoms with van der Waals surface area (Å²) in [4.78, 5) is 15.3. The van der Waals surface area contributed by atoms with Gasteiger partial charge in [0.05, 0.1) is 7.11 Å². The molecule has 1 fully saturated rings. The number of carbonyl (C=O) groups excluding carboxylic acids is 1. The number of ketones is 1. The van der Waals surface area contributed by atoms with Crippen LogP contribution in [0.4, 0.5) is 4.39 Å². The second kappa shape index (κ2) is 8.13. The first-order valence-electron chi connectivity index (χ1n) is 7.38. The standard InChI is InChI=1S/C17H20ClFN2O2/c1-3-15(22)16(23-2)17(19)21-10-8-20(9-11-21)12-13-6-4-5-7-14(13)18/h3-7H,1,8-12H2,2H3/b17-16+. The maximum Gasteiger partial charge on any atom is 0.236 e. The van der Waals surface area contributed by atoms with Gasteiger partial charge in [0.15, 0.2) is 0 Å². The minimum Gasteiger partial charge on any atom is -0.489 e. The maximum atomic E-state index is 14.4. The van der Waals surface area contributed by atoms with Crippen LogP contribution >= 0.6 is 11.6 Å². The molecule has 1 saturated heterocycles. The fraction of sp³-hybridized carbons (Fsp3) is 0.353. The molecule has 0 unspecified atom stereocenters. The second-order valence-electron chi connectivity index (χ2n) is 5.25. The molecule has 1 aromatic carbocycles. The highest BCUT2D eigenvalue weighted by atomic mass is 35.5. The van der Waals surface area contributed by atoms with Gasteiger partial charge < -0.3 is 9.64 Å². The van der Waals surface area contributed by atoms with Crippen molar-refractivity contribution in [1.82, 2.24) is 9.80 Å². The zero-order valence-electron chi connectivity index (χ0n) is 13.1. The molecule has 0 aliphatic carbocycles. The van der Waals surface area contributed by atoms with E-state index in [2.05, 4.69) is 11.5 Å². The molecule has 0 bridgehead atoms. The first-order chi connectivity index (χ1) is 11.1. The van der Waals surface area contributed by atoms with Crippen molar-refractivity contribution in [3.05, 3.63) is 59.2 Å². The average molecular weight is 339 g/mol. The number of piperazine rings is 1. The van der Waals surface area contributed by atoms with Crippen LogP contribution in [-0.2, 0) is 16.1 Å². The Morgan fingerprint density at radius 2 is 2.00 bits per heavy atom. The summed E-state index contributed by atoms with van der Waals surface area (Å²) in [5.74, 6) is -1.47. The molecular weight excluding hydrogens is 319 g/mol. The van der Waals surface area contributed by atoms with Crippen molar-refractivity contribution >= 4 is 17.4 Å². The SMILES string of the molecule is C=CC(=O)/C(OC)=C(/F)N1CCN(Cc2ccccc2Cl)CC1. The minimum absolute atomic E-state index is 0.292. The van der Waals surface area contributed by atoms with Crippen molar-refractivity contribution < 1.29 is 13.9 Å². The number of allylic oxidation sites excluding steroid dienone is 1. The normalized spacial score (nSPS) is 16.7. The van der Waals surface area contributed by atoms with Crippen LogP contribution in [0, 0.1) is 0 Å². The topological polar surface area (TPSA) is 32.8 Å². The highest BCUT2D eigenvalue weighted by molar-refractivity contribution is 6.31. The highest BCUT2D eigenvalue weighted by Gasteiger charge is 2.24. The van der Waals surface area contributed by atoms with E-state index in [1.54, 1.807) is 0 Å². The third kappa shape index (κ3) is 4.33. The van der Waals surface area contributed by atoms with Crippen molar-refractivity contribution in [3.8, 4) is 0 Å². The third-order valence-corrected chi connectivity index (χ3v) is 4.17. The Balaban J connectivity index is 1.98. The predicted octanol–water partition coefficient (Wildman–Crippen LogP) is 3.00. The predicted molar refractivity (Wildman–Crippen MR) is 88.6 cm³/mol. The molecule has 1 aliphatic rings. The van der Waals surface area contributed by atoms with E-state index in [4.69, 9.17) is 16.3 Å². The van der Waals surface area contributed by atoms with Crippen LogP contribution in [-0.4, -0.2) is 48.9 Å². The van der Waals surface area contributed by atoms with E-state index in [1.165, 1.54) is 12.0 Å². The van der Waals surface area contributed by atoms with Crippen molar-refractivity contribution in [3.63, 3.8) is 0 Å². The zero-order chi connectivity index (χ0) is 16.8. The quantitative estimate of drug-likeness (QED) is 0.453. The molecule has 0 atom stereocenters. The van der Waals surface area contributed by atoms with Gasteiger partial charge >= 0.3 is 0 Å². The fourth-order valence-corrected chi connectivity index (χ4v) is 2.69. The van der Waals surface area contributed by atoms with Gasteiger partial charge in [-0.05, 0) is 17.7 Å². The molecule has 1 aliphatic heterocycles. The largest absolute Gasteiger partial charge is 0.489 e. The number of carbonyl (C=O) groups is 1. The number of hydrogen-bond acceptors (Lipinski definition) is 4. The average Bonchev–Trinajstić information content (AvgIpc) is 2.58. The lowest BCUT2D eigenvalue weighted by Crippen LogP contribution is -2.45. The number of ether oxygens (including phenoxy) is 1. The first kappa shape index (κ1) is 17.5. The monoisotopic (exact) mass is 338 g/mol. The third-order valence-electron chi connectivity index (χ3n) is 3.80. The minimum atomic E-state index is -0.630. The van der Waals surface area contributed by atoms with Crippen molar-refractivity contribution in [1.29, 1.82) is 0 Å². The number of hydrogen-bond donors (Lipinski definition) is 0. The van der Waals surface area contributed by atoms with Crippen molar-refractivity contribution in [2.45, 2.75) is 6.54 Å². The number of benzene rings is 1.